The minimum atomic E-state index is -1.30. The minimum absolute atomic E-state index is 0.168. The Morgan fingerprint density at radius 1 is 0.632 bits per heavy atom. The number of hydrogen-bond acceptors (Lipinski definition) is 7. The molecule has 0 fully saturated rings. The fourth-order valence-corrected chi connectivity index (χ4v) is 5.87. The molecule has 0 saturated heterocycles. The summed E-state index contributed by atoms with van der Waals surface area (Å²) in [5, 5.41) is 14.4. The largest absolute Gasteiger partial charge is 0.480 e. The van der Waals surface area contributed by atoms with Gasteiger partial charge >= 0.3 is 5.97 Å². The second-order valence-corrected chi connectivity index (χ2v) is 9.16. The Bertz CT molecular complexity index is 1870. The van der Waals surface area contributed by atoms with E-state index in [0.717, 1.165) is 31.3 Å². The summed E-state index contributed by atoms with van der Waals surface area (Å²) >= 11 is 0. The second kappa shape index (κ2) is 7.32. The molecular weight excluding hydrogens is 492 g/mol. The lowest BCUT2D eigenvalue weighted by Gasteiger charge is -2.29. The van der Waals surface area contributed by atoms with Crippen molar-refractivity contribution in [1.82, 2.24) is 9.80 Å². The summed E-state index contributed by atoms with van der Waals surface area (Å²) in [6, 6.07) is 13.4. The van der Waals surface area contributed by atoms with Crippen LogP contribution in [0, 0.1) is 0 Å². The van der Waals surface area contributed by atoms with Gasteiger partial charge in [-0.05, 0) is 56.6 Å². The number of ether oxygens (including phenoxy) is 1. The molecule has 0 unspecified atom stereocenters. The first-order valence-electron chi connectivity index (χ1n) is 11.5. The van der Waals surface area contributed by atoms with Crippen LogP contribution in [-0.2, 0) is 14.3 Å². The standard InChI is InChI=1S/C28H14N2O8/c31-11-38-10-30-27(36)18-7-3-14-12-1-5-16-23-17(26(35)29(25(16)34)9-20(32)33)6-2-13(21(12)23)15-4-8-19(28(30)37)24(18)22(14)15/h1-8,11H,9-10H2,(H,32,33). The van der Waals surface area contributed by atoms with Gasteiger partial charge in [-0.3, -0.25) is 33.7 Å². The Morgan fingerprint density at radius 3 is 1.34 bits per heavy atom. The van der Waals surface area contributed by atoms with Crippen LogP contribution >= 0.6 is 0 Å². The van der Waals surface area contributed by atoms with E-state index in [0.29, 0.717) is 32.7 Å². The molecule has 5 aromatic carbocycles. The number of benzene rings is 5. The molecule has 38 heavy (non-hydrogen) atoms. The van der Waals surface area contributed by atoms with E-state index in [1.165, 1.54) is 0 Å². The maximum Gasteiger partial charge on any atom is 0.323 e. The summed E-state index contributed by atoms with van der Waals surface area (Å²) in [7, 11) is 0. The average molecular weight is 506 g/mol. The topological polar surface area (TPSA) is 138 Å². The van der Waals surface area contributed by atoms with Crippen LogP contribution in [0.5, 0.6) is 0 Å². The van der Waals surface area contributed by atoms with E-state index in [-0.39, 0.29) is 17.6 Å². The first-order valence-corrected chi connectivity index (χ1v) is 11.5. The van der Waals surface area contributed by atoms with Crippen LogP contribution in [0.1, 0.15) is 41.4 Å². The Hall–Kier alpha value is -5.38. The number of fused-ring (bicyclic) bond motifs is 2. The van der Waals surface area contributed by atoms with Crippen LogP contribution in [0.15, 0.2) is 48.5 Å². The Kier molecular flexibility index (Phi) is 4.21. The Balaban J connectivity index is 1.57. The first kappa shape index (κ1) is 21.9. The number of carbonyl (C=O) groups excluding carboxylic acids is 5. The number of hydrogen-bond donors (Lipinski definition) is 1. The zero-order chi connectivity index (χ0) is 26.5. The van der Waals surface area contributed by atoms with Gasteiger partial charge in [0.05, 0.1) is 0 Å². The molecule has 10 nitrogen and oxygen atoms in total. The summed E-state index contributed by atoms with van der Waals surface area (Å²) in [6.45, 7) is -1.07. The normalized spacial score (nSPS) is 14.9. The molecule has 7 rings (SSSR count). The molecule has 10 heteroatoms. The van der Waals surface area contributed by atoms with E-state index < -0.39 is 42.9 Å². The lowest BCUT2D eigenvalue weighted by Crippen LogP contribution is -2.43. The van der Waals surface area contributed by atoms with E-state index in [1.807, 2.05) is 0 Å². The maximum absolute atomic E-state index is 13.2. The van der Waals surface area contributed by atoms with Crippen molar-refractivity contribution in [2.45, 2.75) is 0 Å². The summed E-state index contributed by atoms with van der Waals surface area (Å²) in [6.07, 6.45) is 0. The molecule has 184 valence electrons. The molecule has 4 amide bonds. The van der Waals surface area contributed by atoms with Crippen LogP contribution in [0.25, 0.3) is 43.1 Å². The highest BCUT2D eigenvalue weighted by atomic mass is 16.5. The fourth-order valence-electron chi connectivity index (χ4n) is 5.87. The van der Waals surface area contributed by atoms with Crippen molar-refractivity contribution in [2.24, 2.45) is 0 Å². The van der Waals surface area contributed by atoms with Crippen LogP contribution in [0.3, 0.4) is 0 Å². The van der Waals surface area contributed by atoms with Crippen molar-refractivity contribution in [3.8, 4) is 0 Å². The molecule has 0 radical (unpaired) electrons. The Morgan fingerprint density at radius 2 is 1.00 bits per heavy atom. The van der Waals surface area contributed by atoms with Gasteiger partial charge in [-0.25, -0.2) is 4.90 Å². The van der Waals surface area contributed by atoms with E-state index in [9.17, 15) is 33.9 Å². The van der Waals surface area contributed by atoms with Gasteiger partial charge in [0.2, 0.25) is 0 Å². The van der Waals surface area contributed by atoms with E-state index in [1.54, 1.807) is 48.5 Å². The second-order valence-electron chi connectivity index (χ2n) is 9.16. The number of carboxylic acid groups (broad SMARTS) is 1. The smallest absolute Gasteiger partial charge is 0.323 e. The molecule has 0 spiro atoms. The molecular formula is C28H14N2O8. The van der Waals surface area contributed by atoms with Gasteiger partial charge in [-0.2, -0.15) is 0 Å². The van der Waals surface area contributed by atoms with Crippen molar-refractivity contribution in [3.63, 3.8) is 0 Å². The number of imide groups is 2. The molecule has 1 N–H and O–H groups in total. The SMILES string of the molecule is O=COCN1C(=O)c2ccc3c4ccc5c6c(ccc(c7ccc(c2c37)C1=O)c64)C(=O)N(CC(=O)O)C5=O. The molecule has 0 aliphatic carbocycles. The first-order chi connectivity index (χ1) is 18.3. The molecule has 5 aromatic rings. The summed E-state index contributed by atoms with van der Waals surface area (Å²) in [4.78, 5) is 76.3. The predicted octanol–water partition coefficient (Wildman–Crippen LogP) is 3.14. The molecule has 0 bridgehead atoms. The van der Waals surface area contributed by atoms with Crippen LogP contribution in [0.4, 0.5) is 0 Å². The summed E-state index contributed by atoms with van der Waals surface area (Å²) < 4.78 is 4.69. The molecule has 0 saturated carbocycles. The number of nitrogens with zero attached hydrogens (tertiary/aromatic N) is 2. The van der Waals surface area contributed by atoms with Crippen LogP contribution in [-0.4, -0.2) is 64.3 Å². The number of carboxylic acids is 1. The third kappa shape index (κ3) is 2.55. The van der Waals surface area contributed by atoms with Gasteiger partial charge in [-0.15, -0.1) is 0 Å². The van der Waals surface area contributed by atoms with Gasteiger partial charge in [0, 0.05) is 33.0 Å². The number of aliphatic carboxylic acids is 1. The van der Waals surface area contributed by atoms with Gasteiger partial charge in [-0.1, -0.05) is 24.3 Å². The number of amides is 4. The van der Waals surface area contributed by atoms with Crippen LogP contribution < -0.4 is 0 Å². The highest BCUT2D eigenvalue weighted by molar-refractivity contribution is 6.41. The minimum Gasteiger partial charge on any atom is -0.480 e. The molecule has 2 heterocycles. The van der Waals surface area contributed by atoms with Crippen molar-refractivity contribution >= 4 is 79.2 Å². The van der Waals surface area contributed by atoms with E-state index >= 15 is 0 Å². The lowest BCUT2D eigenvalue weighted by atomic mass is 9.82. The van der Waals surface area contributed by atoms with Crippen molar-refractivity contribution < 1.29 is 38.6 Å². The van der Waals surface area contributed by atoms with Gasteiger partial charge in [0.25, 0.3) is 30.1 Å². The fraction of sp³-hybridized carbons (Fsp3) is 0.0714. The Labute approximate surface area is 211 Å². The summed E-state index contributed by atoms with van der Waals surface area (Å²) in [5.41, 5.74) is 1.04. The van der Waals surface area contributed by atoms with Gasteiger partial charge in [0.1, 0.15) is 6.54 Å². The van der Waals surface area contributed by atoms with Gasteiger partial charge < -0.3 is 9.84 Å². The predicted molar refractivity (Wildman–Crippen MR) is 133 cm³/mol. The monoisotopic (exact) mass is 506 g/mol. The van der Waals surface area contributed by atoms with Gasteiger partial charge in [0.15, 0.2) is 6.73 Å². The molecule has 0 atom stereocenters. The highest BCUT2D eigenvalue weighted by Gasteiger charge is 2.37. The maximum atomic E-state index is 13.2. The quantitative estimate of drug-likeness (QED) is 0.166. The number of rotatable bonds is 5. The highest BCUT2D eigenvalue weighted by Crippen LogP contribution is 2.46. The van der Waals surface area contributed by atoms with E-state index in [2.05, 4.69) is 4.74 Å². The molecule has 2 aliphatic rings. The molecule has 2 aliphatic heterocycles. The average Bonchev–Trinajstić information content (AvgIpc) is 2.91. The zero-order valence-electron chi connectivity index (χ0n) is 19.3. The lowest BCUT2D eigenvalue weighted by molar-refractivity contribution is -0.137. The molecule has 0 aromatic heterocycles. The third-order valence-corrected chi connectivity index (χ3v) is 7.37. The zero-order valence-corrected chi connectivity index (χ0v) is 19.3. The van der Waals surface area contributed by atoms with Crippen molar-refractivity contribution in [3.05, 3.63) is 70.8 Å². The van der Waals surface area contributed by atoms with Crippen LogP contribution in [0.2, 0.25) is 0 Å². The van der Waals surface area contributed by atoms with E-state index in [4.69, 9.17) is 0 Å². The van der Waals surface area contributed by atoms with Crippen molar-refractivity contribution in [1.29, 1.82) is 0 Å². The third-order valence-electron chi connectivity index (χ3n) is 7.37. The number of carbonyl (C=O) groups is 6. The van der Waals surface area contributed by atoms with Crippen molar-refractivity contribution in [2.75, 3.05) is 13.3 Å². The summed E-state index contributed by atoms with van der Waals surface area (Å²) in [5.74, 6) is -3.83.